The lowest BCUT2D eigenvalue weighted by molar-refractivity contribution is 0.0956. The van der Waals surface area contributed by atoms with Crippen LogP contribution >= 0.6 is 23.2 Å². The predicted octanol–water partition coefficient (Wildman–Crippen LogP) is 3.08. The van der Waals surface area contributed by atoms with E-state index in [9.17, 15) is 9.59 Å². The van der Waals surface area contributed by atoms with E-state index in [1.807, 2.05) is 6.92 Å². The third kappa shape index (κ3) is 3.45. The molecule has 1 aromatic carbocycles. The van der Waals surface area contributed by atoms with Crippen molar-refractivity contribution in [1.82, 2.24) is 19.7 Å². The van der Waals surface area contributed by atoms with Crippen LogP contribution in [0, 0.1) is 0 Å². The average molecular weight is 377 g/mol. The Balaban J connectivity index is 1.90. The van der Waals surface area contributed by atoms with E-state index in [1.54, 1.807) is 47.4 Å². The third-order valence-electron chi connectivity index (χ3n) is 3.56. The number of aromatic nitrogens is 3. The predicted molar refractivity (Wildman–Crippen MR) is 97.2 cm³/mol. The van der Waals surface area contributed by atoms with Gasteiger partial charge >= 0.3 is 0 Å². The van der Waals surface area contributed by atoms with E-state index in [-0.39, 0.29) is 21.5 Å². The van der Waals surface area contributed by atoms with Gasteiger partial charge in [0.25, 0.3) is 11.5 Å². The van der Waals surface area contributed by atoms with Gasteiger partial charge in [0.05, 0.1) is 22.5 Å². The number of hydrogen-bond donors (Lipinski definition) is 1. The summed E-state index contributed by atoms with van der Waals surface area (Å²) in [6, 6.07) is 8.66. The van der Waals surface area contributed by atoms with Crippen molar-refractivity contribution in [1.29, 1.82) is 0 Å². The SMILES string of the molecule is CCNC(=O)c1cnn(-c2ccc(-n3ccc(Cl)c(Cl)c3=O)cc2)c1. The second-order valence-corrected chi connectivity index (χ2v) is 5.99. The fourth-order valence-electron chi connectivity index (χ4n) is 2.30. The number of pyridine rings is 1. The standard InChI is InChI=1S/C17H14Cl2N4O2/c1-2-20-16(24)11-9-21-23(10-11)13-5-3-12(4-6-13)22-8-7-14(18)15(19)17(22)25/h3-10H,2H2,1H3,(H,20,24). The van der Waals surface area contributed by atoms with E-state index in [0.29, 0.717) is 17.8 Å². The van der Waals surface area contributed by atoms with Crippen LogP contribution in [-0.4, -0.2) is 26.8 Å². The first-order valence-corrected chi connectivity index (χ1v) is 8.27. The van der Waals surface area contributed by atoms with Crippen molar-refractivity contribution in [2.75, 3.05) is 6.54 Å². The van der Waals surface area contributed by atoms with Gasteiger partial charge in [0, 0.05) is 24.6 Å². The highest BCUT2D eigenvalue weighted by Crippen LogP contribution is 2.18. The molecule has 3 rings (SSSR count). The van der Waals surface area contributed by atoms with Crippen LogP contribution in [-0.2, 0) is 0 Å². The molecular formula is C17H14Cl2N4O2. The largest absolute Gasteiger partial charge is 0.352 e. The molecular weight excluding hydrogens is 363 g/mol. The lowest BCUT2D eigenvalue weighted by Crippen LogP contribution is -2.22. The summed E-state index contributed by atoms with van der Waals surface area (Å²) >= 11 is 11.7. The smallest absolute Gasteiger partial charge is 0.275 e. The summed E-state index contributed by atoms with van der Waals surface area (Å²) in [4.78, 5) is 24.0. The summed E-state index contributed by atoms with van der Waals surface area (Å²) in [5, 5.41) is 7.10. The van der Waals surface area contributed by atoms with Gasteiger partial charge in [-0.15, -0.1) is 0 Å². The van der Waals surface area contributed by atoms with E-state index < -0.39 is 0 Å². The molecule has 0 aliphatic carbocycles. The molecule has 2 heterocycles. The van der Waals surface area contributed by atoms with Crippen LogP contribution < -0.4 is 10.9 Å². The molecule has 2 aromatic heterocycles. The summed E-state index contributed by atoms with van der Waals surface area (Å²) in [6.07, 6.45) is 4.71. The molecule has 0 atom stereocenters. The Hall–Kier alpha value is -2.57. The van der Waals surface area contributed by atoms with Crippen LogP contribution in [0.4, 0.5) is 0 Å². The number of carbonyl (C=O) groups is 1. The molecule has 1 amide bonds. The molecule has 128 valence electrons. The van der Waals surface area contributed by atoms with Crippen molar-refractivity contribution in [3.63, 3.8) is 0 Å². The number of nitrogens with one attached hydrogen (secondary N) is 1. The molecule has 0 unspecified atom stereocenters. The van der Waals surface area contributed by atoms with Crippen molar-refractivity contribution in [2.45, 2.75) is 6.92 Å². The van der Waals surface area contributed by atoms with Gasteiger partial charge in [-0.1, -0.05) is 23.2 Å². The first-order valence-electron chi connectivity index (χ1n) is 7.51. The lowest BCUT2D eigenvalue weighted by Gasteiger charge is -2.08. The Morgan fingerprint density at radius 2 is 1.84 bits per heavy atom. The zero-order chi connectivity index (χ0) is 18.0. The molecule has 0 radical (unpaired) electrons. The molecule has 8 heteroatoms. The average Bonchev–Trinajstić information content (AvgIpc) is 3.11. The molecule has 25 heavy (non-hydrogen) atoms. The van der Waals surface area contributed by atoms with Gasteiger partial charge in [0.1, 0.15) is 5.02 Å². The maximum absolute atomic E-state index is 12.2. The molecule has 0 aliphatic heterocycles. The fraction of sp³-hybridized carbons (Fsp3) is 0.118. The van der Waals surface area contributed by atoms with Gasteiger partial charge in [-0.2, -0.15) is 5.10 Å². The van der Waals surface area contributed by atoms with Gasteiger partial charge in [0.2, 0.25) is 0 Å². The molecule has 0 saturated heterocycles. The monoisotopic (exact) mass is 376 g/mol. The summed E-state index contributed by atoms with van der Waals surface area (Å²) in [5.41, 5.74) is 1.49. The Kier molecular flexibility index (Phi) is 4.92. The van der Waals surface area contributed by atoms with E-state index in [1.165, 1.54) is 10.8 Å². The second kappa shape index (κ2) is 7.13. The Morgan fingerprint density at radius 3 is 2.52 bits per heavy atom. The van der Waals surface area contributed by atoms with Crippen LogP contribution in [0.1, 0.15) is 17.3 Å². The molecule has 3 aromatic rings. The maximum atomic E-state index is 12.2. The van der Waals surface area contributed by atoms with E-state index >= 15 is 0 Å². The molecule has 6 nitrogen and oxygen atoms in total. The van der Waals surface area contributed by atoms with Gasteiger partial charge in [-0.05, 0) is 37.3 Å². The third-order valence-corrected chi connectivity index (χ3v) is 4.34. The van der Waals surface area contributed by atoms with Crippen molar-refractivity contribution in [3.05, 3.63) is 74.9 Å². The van der Waals surface area contributed by atoms with Crippen molar-refractivity contribution >= 4 is 29.1 Å². The summed E-state index contributed by atoms with van der Waals surface area (Å²) in [6.45, 7) is 2.41. The second-order valence-electron chi connectivity index (χ2n) is 5.20. The lowest BCUT2D eigenvalue weighted by atomic mass is 10.2. The van der Waals surface area contributed by atoms with Crippen LogP contribution in [0.3, 0.4) is 0 Å². The summed E-state index contributed by atoms with van der Waals surface area (Å²) in [5.74, 6) is -0.173. The van der Waals surface area contributed by atoms with Crippen LogP contribution in [0.5, 0.6) is 0 Å². The number of benzene rings is 1. The highest BCUT2D eigenvalue weighted by atomic mass is 35.5. The molecule has 0 bridgehead atoms. The highest BCUT2D eigenvalue weighted by Gasteiger charge is 2.10. The number of halogens is 2. The first-order chi connectivity index (χ1) is 12.0. The quantitative estimate of drug-likeness (QED) is 0.760. The molecule has 0 spiro atoms. The van der Waals surface area contributed by atoms with Gasteiger partial charge < -0.3 is 5.32 Å². The zero-order valence-electron chi connectivity index (χ0n) is 13.2. The van der Waals surface area contributed by atoms with Crippen molar-refractivity contribution in [2.24, 2.45) is 0 Å². The van der Waals surface area contributed by atoms with E-state index in [2.05, 4.69) is 10.4 Å². The number of hydrogen-bond acceptors (Lipinski definition) is 3. The molecule has 0 saturated carbocycles. The number of nitrogens with zero attached hydrogens (tertiary/aromatic N) is 3. The summed E-state index contributed by atoms with van der Waals surface area (Å²) in [7, 11) is 0. The van der Waals surface area contributed by atoms with Gasteiger partial charge in [-0.3, -0.25) is 14.2 Å². The Bertz CT molecular complexity index is 977. The minimum absolute atomic E-state index is 0.0214. The molecule has 0 aliphatic rings. The number of rotatable bonds is 4. The van der Waals surface area contributed by atoms with Crippen LogP contribution in [0.25, 0.3) is 11.4 Å². The summed E-state index contributed by atoms with van der Waals surface area (Å²) < 4.78 is 2.99. The minimum atomic E-state index is -0.389. The van der Waals surface area contributed by atoms with Gasteiger partial charge in [-0.25, -0.2) is 4.68 Å². The van der Waals surface area contributed by atoms with Crippen LogP contribution in [0.15, 0.2) is 53.7 Å². The van der Waals surface area contributed by atoms with Crippen molar-refractivity contribution < 1.29 is 4.79 Å². The first kappa shape index (κ1) is 17.3. The molecule has 0 fully saturated rings. The number of amides is 1. The Labute approximate surface area is 153 Å². The zero-order valence-corrected chi connectivity index (χ0v) is 14.8. The Morgan fingerprint density at radius 1 is 1.16 bits per heavy atom. The van der Waals surface area contributed by atoms with Gasteiger partial charge in [0.15, 0.2) is 0 Å². The van der Waals surface area contributed by atoms with Crippen LogP contribution in [0.2, 0.25) is 10.0 Å². The topological polar surface area (TPSA) is 68.9 Å². The van der Waals surface area contributed by atoms with Crippen molar-refractivity contribution in [3.8, 4) is 11.4 Å². The normalized spacial score (nSPS) is 10.7. The fourth-order valence-corrected chi connectivity index (χ4v) is 2.59. The highest BCUT2D eigenvalue weighted by molar-refractivity contribution is 6.41. The van der Waals surface area contributed by atoms with E-state index in [0.717, 1.165) is 5.69 Å². The minimum Gasteiger partial charge on any atom is -0.352 e. The van der Waals surface area contributed by atoms with E-state index in [4.69, 9.17) is 23.2 Å². The number of carbonyl (C=O) groups excluding carboxylic acids is 1. The maximum Gasteiger partial charge on any atom is 0.275 e. The molecule has 1 N–H and O–H groups in total.